The van der Waals surface area contributed by atoms with Crippen molar-refractivity contribution < 1.29 is 10.2 Å². The van der Waals surface area contributed by atoms with Gasteiger partial charge in [0, 0.05) is 5.39 Å². The third-order valence-corrected chi connectivity index (χ3v) is 4.74. The molecule has 5 heteroatoms. The Bertz CT molecular complexity index is 731. The molecular formula is C18H26N2O3. The van der Waals surface area contributed by atoms with Crippen LogP contribution in [0.4, 0.5) is 0 Å². The van der Waals surface area contributed by atoms with E-state index in [9.17, 15) is 15.0 Å². The molecule has 1 heterocycles. The van der Waals surface area contributed by atoms with E-state index in [1.54, 1.807) is 6.20 Å². The van der Waals surface area contributed by atoms with Gasteiger partial charge in [0.15, 0.2) is 11.5 Å². The quantitative estimate of drug-likeness (QED) is 0.761. The van der Waals surface area contributed by atoms with Gasteiger partial charge in [0.25, 0.3) is 5.56 Å². The lowest BCUT2D eigenvalue weighted by Gasteiger charge is -2.32. The molecular weight excluding hydrogens is 292 g/mol. The minimum absolute atomic E-state index is 0.0764. The molecule has 2 N–H and O–H groups in total. The van der Waals surface area contributed by atoms with Gasteiger partial charge in [0.1, 0.15) is 0 Å². The first-order valence-electron chi connectivity index (χ1n) is 8.38. The van der Waals surface area contributed by atoms with E-state index in [0.717, 1.165) is 32.1 Å². The summed E-state index contributed by atoms with van der Waals surface area (Å²) < 4.78 is 1.51. The van der Waals surface area contributed by atoms with Gasteiger partial charge >= 0.3 is 0 Å². The fourth-order valence-electron chi connectivity index (χ4n) is 3.45. The lowest BCUT2D eigenvalue weighted by atomic mass is 9.77. The number of aromatic nitrogens is 2. The fourth-order valence-corrected chi connectivity index (χ4v) is 3.45. The number of nitrogens with zero attached hydrogens (tertiary/aromatic N) is 2. The number of aromatic hydroxyl groups is 2. The Morgan fingerprint density at radius 1 is 1.09 bits per heavy atom. The summed E-state index contributed by atoms with van der Waals surface area (Å²) in [5.41, 5.74) is -0.143. The molecule has 0 radical (unpaired) electrons. The van der Waals surface area contributed by atoms with E-state index >= 15 is 0 Å². The summed E-state index contributed by atoms with van der Waals surface area (Å²) in [6.07, 6.45) is 6.85. The van der Waals surface area contributed by atoms with Gasteiger partial charge in [0.05, 0.1) is 18.1 Å². The van der Waals surface area contributed by atoms with Gasteiger partial charge in [0.2, 0.25) is 0 Å². The zero-order valence-electron chi connectivity index (χ0n) is 14.2. The molecule has 0 spiro atoms. The third kappa shape index (κ3) is 3.49. The Kier molecular flexibility index (Phi) is 5.29. The van der Waals surface area contributed by atoms with Gasteiger partial charge in [-0.05, 0) is 36.8 Å². The molecule has 0 atom stereocenters. The second-order valence-electron chi connectivity index (χ2n) is 6.39. The maximum absolute atomic E-state index is 12.7. The van der Waals surface area contributed by atoms with Gasteiger partial charge in [-0.25, -0.2) is 4.68 Å². The van der Waals surface area contributed by atoms with E-state index in [4.69, 9.17) is 0 Å². The number of benzene rings is 1. The molecule has 2 aromatic rings. The molecule has 5 nitrogen and oxygen atoms in total. The molecule has 0 saturated heterocycles. The second kappa shape index (κ2) is 7.02. The molecule has 2 rings (SSSR count). The SMILES string of the molecule is CCCC(CC)(CCC)Cn1ncc2cc(O)c(O)cc2c1=O. The Labute approximate surface area is 136 Å². The van der Waals surface area contributed by atoms with Gasteiger partial charge < -0.3 is 10.2 Å². The molecule has 0 aliphatic carbocycles. The average molecular weight is 318 g/mol. The van der Waals surface area contributed by atoms with Gasteiger partial charge in [-0.3, -0.25) is 4.79 Å². The smallest absolute Gasteiger partial charge is 0.274 e. The molecule has 1 aromatic heterocycles. The molecule has 23 heavy (non-hydrogen) atoms. The van der Waals surface area contributed by atoms with Gasteiger partial charge in [-0.2, -0.15) is 5.10 Å². The van der Waals surface area contributed by atoms with Crippen LogP contribution in [-0.4, -0.2) is 20.0 Å². The topological polar surface area (TPSA) is 75.3 Å². The molecule has 0 saturated carbocycles. The Hall–Kier alpha value is -2.04. The van der Waals surface area contributed by atoms with Crippen molar-refractivity contribution in [3.63, 3.8) is 0 Å². The maximum atomic E-state index is 12.7. The largest absolute Gasteiger partial charge is 0.504 e. The predicted octanol–water partition coefficient (Wildman–Crippen LogP) is 3.80. The summed E-state index contributed by atoms with van der Waals surface area (Å²) in [6, 6.07) is 2.69. The highest BCUT2D eigenvalue weighted by atomic mass is 16.3. The third-order valence-electron chi connectivity index (χ3n) is 4.74. The van der Waals surface area contributed by atoms with E-state index in [1.807, 2.05) is 0 Å². The zero-order chi connectivity index (χ0) is 17.0. The summed E-state index contributed by atoms with van der Waals surface area (Å²) in [5.74, 6) is -0.521. The van der Waals surface area contributed by atoms with E-state index in [2.05, 4.69) is 25.9 Å². The van der Waals surface area contributed by atoms with Gasteiger partial charge in [-0.15, -0.1) is 0 Å². The highest BCUT2D eigenvalue weighted by molar-refractivity contribution is 5.84. The summed E-state index contributed by atoms with van der Waals surface area (Å²) in [4.78, 5) is 12.7. The minimum atomic E-state index is -0.281. The molecule has 126 valence electrons. The molecule has 1 aromatic carbocycles. The highest BCUT2D eigenvalue weighted by Crippen LogP contribution is 2.35. The Morgan fingerprint density at radius 2 is 1.70 bits per heavy atom. The van der Waals surface area contributed by atoms with Crippen molar-refractivity contribution in [2.45, 2.75) is 59.4 Å². The molecule has 0 bridgehead atoms. The van der Waals surface area contributed by atoms with Crippen molar-refractivity contribution in [1.82, 2.24) is 9.78 Å². The Morgan fingerprint density at radius 3 is 2.26 bits per heavy atom. The van der Waals surface area contributed by atoms with Crippen molar-refractivity contribution in [1.29, 1.82) is 0 Å². The molecule has 0 aliphatic heterocycles. The van der Waals surface area contributed by atoms with Crippen LogP contribution in [0.1, 0.15) is 52.9 Å². The first-order valence-corrected chi connectivity index (χ1v) is 8.38. The van der Waals surface area contributed by atoms with Crippen molar-refractivity contribution in [3.05, 3.63) is 28.7 Å². The molecule has 0 unspecified atom stereocenters. The molecule has 0 fully saturated rings. The monoisotopic (exact) mass is 318 g/mol. The molecule has 0 aliphatic rings. The van der Waals surface area contributed by atoms with Crippen LogP contribution in [0.25, 0.3) is 10.8 Å². The van der Waals surface area contributed by atoms with E-state index in [-0.39, 0.29) is 22.5 Å². The lowest BCUT2D eigenvalue weighted by molar-refractivity contribution is 0.175. The Balaban J connectivity index is 2.49. The summed E-state index contributed by atoms with van der Waals surface area (Å²) in [7, 11) is 0. The number of hydrogen-bond acceptors (Lipinski definition) is 4. The van der Waals surface area contributed by atoms with E-state index < -0.39 is 0 Å². The normalized spacial score (nSPS) is 12.0. The highest BCUT2D eigenvalue weighted by Gasteiger charge is 2.28. The van der Waals surface area contributed by atoms with E-state index in [1.165, 1.54) is 16.8 Å². The number of phenolic OH excluding ortho intramolecular Hbond substituents is 2. The standard InChI is InChI=1S/C18H26N2O3/c1-4-7-18(6-3,8-5-2)12-20-17(23)14-10-16(22)15(21)9-13(14)11-19-20/h9-11,21-22H,4-8,12H2,1-3H3. The van der Waals surface area contributed by atoms with Crippen LogP contribution in [0.2, 0.25) is 0 Å². The summed E-state index contributed by atoms with van der Waals surface area (Å²) in [6.45, 7) is 7.08. The number of fused-ring (bicyclic) bond motifs is 1. The van der Waals surface area contributed by atoms with Crippen LogP contribution in [0.5, 0.6) is 11.5 Å². The van der Waals surface area contributed by atoms with Crippen LogP contribution in [0.3, 0.4) is 0 Å². The average Bonchev–Trinajstić information content (AvgIpc) is 2.52. The van der Waals surface area contributed by atoms with Crippen molar-refractivity contribution in [3.8, 4) is 11.5 Å². The lowest BCUT2D eigenvalue weighted by Crippen LogP contribution is -2.33. The van der Waals surface area contributed by atoms with Crippen LogP contribution >= 0.6 is 0 Å². The van der Waals surface area contributed by atoms with Crippen molar-refractivity contribution in [2.75, 3.05) is 0 Å². The minimum Gasteiger partial charge on any atom is -0.504 e. The molecule has 0 amide bonds. The first kappa shape index (κ1) is 17.3. The summed E-state index contributed by atoms with van der Waals surface area (Å²) in [5, 5.41) is 24.4. The number of rotatable bonds is 7. The maximum Gasteiger partial charge on any atom is 0.274 e. The zero-order valence-corrected chi connectivity index (χ0v) is 14.2. The van der Waals surface area contributed by atoms with Crippen LogP contribution < -0.4 is 5.56 Å². The first-order chi connectivity index (χ1) is 11.0. The van der Waals surface area contributed by atoms with Crippen molar-refractivity contribution in [2.24, 2.45) is 5.41 Å². The van der Waals surface area contributed by atoms with Crippen LogP contribution in [0.15, 0.2) is 23.1 Å². The van der Waals surface area contributed by atoms with E-state index in [0.29, 0.717) is 17.3 Å². The number of phenols is 2. The van der Waals surface area contributed by atoms with Crippen LogP contribution in [0, 0.1) is 5.41 Å². The van der Waals surface area contributed by atoms with Crippen molar-refractivity contribution >= 4 is 10.8 Å². The second-order valence-corrected chi connectivity index (χ2v) is 6.39. The predicted molar refractivity (Wildman–Crippen MR) is 91.9 cm³/mol. The van der Waals surface area contributed by atoms with Crippen LogP contribution in [-0.2, 0) is 6.54 Å². The number of hydrogen-bond donors (Lipinski definition) is 2. The summed E-state index contributed by atoms with van der Waals surface area (Å²) >= 11 is 0. The van der Waals surface area contributed by atoms with Gasteiger partial charge in [-0.1, -0.05) is 33.6 Å². The fraction of sp³-hybridized carbons (Fsp3) is 0.556.